The average molecular weight is 487 g/mol. The number of rotatable bonds is 6. The lowest BCUT2D eigenvalue weighted by Crippen LogP contribution is -2.52. The summed E-state index contributed by atoms with van der Waals surface area (Å²) in [6, 6.07) is 11.0. The van der Waals surface area contributed by atoms with Gasteiger partial charge >= 0.3 is 0 Å². The van der Waals surface area contributed by atoms with Crippen molar-refractivity contribution in [2.75, 3.05) is 26.2 Å². The van der Waals surface area contributed by atoms with E-state index in [9.17, 15) is 14.4 Å². The van der Waals surface area contributed by atoms with Crippen LogP contribution in [-0.4, -0.2) is 64.4 Å². The molecule has 2 fully saturated rings. The molecule has 5 heteroatoms. The summed E-state index contributed by atoms with van der Waals surface area (Å²) in [6.07, 6.45) is 6.89. The Morgan fingerprint density at radius 3 is 1.31 bits per heavy atom. The predicted molar refractivity (Wildman–Crippen MR) is 143 cm³/mol. The maximum Gasteiger partial charge on any atom is 0.194 e. The Hall–Kier alpha value is -2.63. The Bertz CT molecular complexity index is 1120. The summed E-state index contributed by atoms with van der Waals surface area (Å²) >= 11 is 0. The minimum absolute atomic E-state index is 0.0510. The molecule has 3 aliphatic rings. The Balaban J connectivity index is 1.41. The number of nitrogens with zero attached hydrogens (tertiary/aromatic N) is 2. The van der Waals surface area contributed by atoms with Crippen molar-refractivity contribution in [2.24, 2.45) is 0 Å². The molecule has 0 spiro atoms. The van der Waals surface area contributed by atoms with Gasteiger partial charge < -0.3 is 0 Å². The summed E-state index contributed by atoms with van der Waals surface area (Å²) in [5, 5.41) is 0. The average Bonchev–Trinajstić information content (AvgIpc) is 3.19. The van der Waals surface area contributed by atoms with Crippen molar-refractivity contribution in [3.8, 4) is 11.1 Å². The van der Waals surface area contributed by atoms with Crippen LogP contribution >= 0.6 is 0 Å². The van der Waals surface area contributed by atoms with Gasteiger partial charge in [-0.25, -0.2) is 0 Å². The van der Waals surface area contributed by atoms with E-state index < -0.39 is 11.1 Å². The summed E-state index contributed by atoms with van der Waals surface area (Å²) in [5.74, 6) is 0.000986. The molecule has 0 radical (unpaired) electrons. The second-order valence-electron chi connectivity index (χ2n) is 11.7. The van der Waals surface area contributed by atoms with Crippen LogP contribution < -0.4 is 0 Å². The first-order valence-corrected chi connectivity index (χ1v) is 13.6. The first-order chi connectivity index (χ1) is 17.1. The van der Waals surface area contributed by atoms with Gasteiger partial charge in [0.15, 0.2) is 17.3 Å². The molecule has 2 aromatic carbocycles. The highest BCUT2D eigenvalue weighted by Crippen LogP contribution is 2.39. The van der Waals surface area contributed by atoms with Crippen LogP contribution in [-0.2, 0) is 0 Å². The topological polar surface area (TPSA) is 57.7 Å². The van der Waals surface area contributed by atoms with Crippen molar-refractivity contribution >= 4 is 17.3 Å². The molecule has 2 saturated heterocycles. The van der Waals surface area contributed by atoms with Crippen molar-refractivity contribution in [3.05, 3.63) is 58.7 Å². The van der Waals surface area contributed by atoms with Crippen molar-refractivity contribution < 1.29 is 14.4 Å². The van der Waals surface area contributed by atoms with Gasteiger partial charge in [0.1, 0.15) is 0 Å². The standard InChI is InChI=1S/C31H38N2O3/c1-30(2,32-15-7-5-8-16-32)28(35)21-11-13-23-24-14-12-22(20-26(24)27(34)25(23)19-21)29(36)31(3,4)33-17-9-6-10-18-33/h11-14,19-20H,5-10,15-18H2,1-4H3. The molecule has 190 valence electrons. The molecule has 0 aromatic heterocycles. The van der Waals surface area contributed by atoms with Gasteiger partial charge in [-0.15, -0.1) is 0 Å². The monoisotopic (exact) mass is 486 g/mol. The van der Waals surface area contributed by atoms with Crippen LogP contribution in [0.1, 0.15) is 103 Å². The molecule has 1 aliphatic carbocycles. The number of hydrogen-bond donors (Lipinski definition) is 0. The molecular weight excluding hydrogens is 448 g/mol. The van der Waals surface area contributed by atoms with Crippen LogP contribution in [0.15, 0.2) is 36.4 Å². The minimum atomic E-state index is -0.608. The second-order valence-corrected chi connectivity index (χ2v) is 11.7. The van der Waals surface area contributed by atoms with Crippen LogP contribution in [0.3, 0.4) is 0 Å². The van der Waals surface area contributed by atoms with Gasteiger partial charge in [0.25, 0.3) is 0 Å². The van der Waals surface area contributed by atoms with Crippen LogP contribution in [0, 0.1) is 0 Å². The van der Waals surface area contributed by atoms with Gasteiger partial charge in [0.05, 0.1) is 11.1 Å². The van der Waals surface area contributed by atoms with Gasteiger partial charge in [0, 0.05) is 22.3 Å². The third-order valence-corrected chi connectivity index (χ3v) is 8.75. The van der Waals surface area contributed by atoms with Crippen molar-refractivity contribution in [1.82, 2.24) is 9.80 Å². The summed E-state index contributed by atoms with van der Waals surface area (Å²) in [5.41, 5.74) is 2.75. The highest BCUT2D eigenvalue weighted by Gasteiger charge is 2.39. The van der Waals surface area contributed by atoms with Gasteiger partial charge in [-0.1, -0.05) is 37.1 Å². The number of benzene rings is 2. The molecule has 2 aromatic rings. The maximum atomic E-state index is 13.5. The first-order valence-electron chi connectivity index (χ1n) is 13.6. The zero-order valence-electron chi connectivity index (χ0n) is 22.2. The fourth-order valence-corrected chi connectivity index (χ4v) is 6.26. The van der Waals surface area contributed by atoms with E-state index in [1.807, 2.05) is 52.0 Å². The summed E-state index contributed by atoms with van der Waals surface area (Å²) in [6.45, 7) is 11.7. The summed E-state index contributed by atoms with van der Waals surface area (Å²) in [7, 11) is 0. The SMILES string of the molecule is CC(C)(C(=O)c1ccc2c(c1)C(=O)c1cc(C(=O)C(C)(C)N3CCCCC3)ccc1-2)N1CCCCC1. The largest absolute Gasteiger partial charge is 0.292 e. The third kappa shape index (κ3) is 4.16. The van der Waals surface area contributed by atoms with Crippen LogP contribution in [0.25, 0.3) is 11.1 Å². The minimum Gasteiger partial charge on any atom is -0.292 e. The predicted octanol–water partition coefficient (Wildman–Crippen LogP) is 5.79. The molecule has 0 bridgehead atoms. The summed E-state index contributed by atoms with van der Waals surface area (Å²) in [4.78, 5) is 45.1. The number of hydrogen-bond acceptors (Lipinski definition) is 5. The van der Waals surface area contributed by atoms with Crippen molar-refractivity contribution in [3.63, 3.8) is 0 Å². The number of likely N-dealkylation sites (tertiary alicyclic amines) is 2. The molecule has 5 nitrogen and oxygen atoms in total. The van der Waals surface area contributed by atoms with E-state index in [1.165, 1.54) is 12.8 Å². The van der Waals surface area contributed by atoms with Crippen molar-refractivity contribution in [2.45, 2.75) is 77.3 Å². The number of ketones is 3. The molecule has 5 rings (SSSR count). The lowest BCUT2D eigenvalue weighted by Gasteiger charge is -2.39. The zero-order valence-corrected chi connectivity index (χ0v) is 22.2. The lowest BCUT2D eigenvalue weighted by molar-refractivity contribution is 0.0576. The zero-order chi connectivity index (χ0) is 25.7. The van der Waals surface area contributed by atoms with E-state index >= 15 is 0 Å². The number of piperidine rings is 2. The number of Topliss-reactive ketones (excluding diaryl/α,β-unsaturated/α-hetero) is 2. The smallest absolute Gasteiger partial charge is 0.194 e. The molecule has 0 amide bonds. The normalized spacial score (nSPS) is 19.2. The van der Waals surface area contributed by atoms with E-state index in [-0.39, 0.29) is 17.3 Å². The number of carbonyl (C=O) groups excluding carboxylic acids is 3. The molecule has 0 saturated carbocycles. The highest BCUT2D eigenvalue weighted by molar-refractivity contribution is 6.23. The molecule has 2 heterocycles. The Morgan fingerprint density at radius 2 is 0.944 bits per heavy atom. The van der Waals surface area contributed by atoms with Gasteiger partial charge in [0.2, 0.25) is 0 Å². The van der Waals surface area contributed by atoms with E-state index in [4.69, 9.17) is 0 Å². The molecular formula is C31H38N2O3. The summed E-state index contributed by atoms with van der Waals surface area (Å²) < 4.78 is 0. The Kier molecular flexibility index (Phi) is 6.50. The molecule has 0 N–H and O–H groups in total. The second kappa shape index (κ2) is 9.35. The molecule has 0 atom stereocenters. The fraction of sp³-hybridized carbons (Fsp3) is 0.516. The number of fused-ring (bicyclic) bond motifs is 3. The van der Waals surface area contributed by atoms with E-state index in [1.54, 1.807) is 12.1 Å². The van der Waals surface area contributed by atoms with Gasteiger partial charge in [-0.05, 0) is 103 Å². The quantitative estimate of drug-likeness (QED) is 0.413. The first kappa shape index (κ1) is 25.0. The van der Waals surface area contributed by atoms with E-state index in [0.29, 0.717) is 22.3 Å². The van der Waals surface area contributed by atoms with Crippen LogP contribution in [0.5, 0.6) is 0 Å². The Labute approximate surface area is 214 Å². The third-order valence-electron chi connectivity index (χ3n) is 8.75. The van der Waals surface area contributed by atoms with E-state index in [2.05, 4.69) is 9.80 Å². The van der Waals surface area contributed by atoms with E-state index in [0.717, 1.165) is 63.0 Å². The molecule has 0 unspecified atom stereocenters. The number of carbonyl (C=O) groups is 3. The van der Waals surface area contributed by atoms with Crippen molar-refractivity contribution in [1.29, 1.82) is 0 Å². The highest BCUT2D eigenvalue weighted by atomic mass is 16.1. The van der Waals surface area contributed by atoms with Crippen LogP contribution in [0.4, 0.5) is 0 Å². The van der Waals surface area contributed by atoms with Gasteiger partial charge in [-0.3, -0.25) is 24.2 Å². The maximum absolute atomic E-state index is 13.5. The fourth-order valence-electron chi connectivity index (χ4n) is 6.26. The Morgan fingerprint density at radius 1 is 0.583 bits per heavy atom. The molecule has 2 aliphatic heterocycles. The van der Waals surface area contributed by atoms with Crippen LogP contribution in [0.2, 0.25) is 0 Å². The van der Waals surface area contributed by atoms with Gasteiger partial charge in [-0.2, -0.15) is 0 Å². The lowest BCUT2D eigenvalue weighted by atomic mass is 9.88. The molecule has 36 heavy (non-hydrogen) atoms.